The molecule has 0 spiro atoms. The second-order valence-corrected chi connectivity index (χ2v) is 10.6. The minimum atomic E-state index is -4.84. The number of nitrogens with zero attached hydrogens (tertiary/aromatic N) is 1. The van der Waals surface area contributed by atoms with E-state index in [0.29, 0.717) is 18.4 Å². The SMILES string of the molecule is Cc1cc(CCc2ccc(NS(=O)(=O)c3ccc(Br)cc3C(F)(F)F)cc2)c2cc(F)ccc2n1. The first kappa shape index (κ1) is 25.1. The van der Waals surface area contributed by atoms with Crippen molar-refractivity contribution in [3.05, 3.63) is 99.4 Å². The van der Waals surface area contributed by atoms with Gasteiger partial charge in [0, 0.05) is 21.2 Å². The second-order valence-electron chi connectivity index (χ2n) is 8.02. The highest BCUT2D eigenvalue weighted by atomic mass is 79.9. The number of fused-ring (bicyclic) bond motifs is 1. The molecule has 0 atom stereocenters. The summed E-state index contributed by atoms with van der Waals surface area (Å²) in [6.45, 7) is 1.86. The molecule has 0 aliphatic carbocycles. The molecule has 4 aromatic rings. The minimum absolute atomic E-state index is 0.119. The number of halogens is 5. The molecule has 35 heavy (non-hydrogen) atoms. The van der Waals surface area contributed by atoms with Crippen molar-refractivity contribution in [2.45, 2.75) is 30.8 Å². The van der Waals surface area contributed by atoms with Crippen molar-refractivity contribution in [2.24, 2.45) is 0 Å². The third kappa shape index (κ3) is 5.82. The number of benzene rings is 3. The lowest BCUT2D eigenvalue weighted by molar-refractivity contribution is -0.139. The van der Waals surface area contributed by atoms with Crippen LogP contribution in [-0.2, 0) is 29.0 Å². The zero-order valence-corrected chi connectivity index (χ0v) is 20.7. The molecule has 0 amide bonds. The highest BCUT2D eigenvalue weighted by Gasteiger charge is 2.37. The smallest absolute Gasteiger partial charge is 0.280 e. The van der Waals surface area contributed by atoms with Crippen LogP contribution in [0.3, 0.4) is 0 Å². The number of pyridine rings is 1. The van der Waals surface area contributed by atoms with Gasteiger partial charge in [-0.3, -0.25) is 9.71 Å². The maximum Gasteiger partial charge on any atom is 0.417 e. The van der Waals surface area contributed by atoms with E-state index < -0.39 is 26.7 Å². The normalized spacial score (nSPS) is 12.2. The lowest BCUT2D eigenvalue weighted by Crippen LogP contribution is -2.19. The molecule has 1 aromatic heterocycles. The molecule has 1 heterocycles. The first-order valence-electron chi connectivity index (χ1n) is 10.5. The first-order valence-corrected chi connectivity index (χ1v) is 12.7. The zero-order valence-electron chi connectivity index (χ0n) is 18.3. The quantitative estimate of drug-likeness (QED) is 0.254. The van der Waals surface area contributed by atoms with Gasteiger partial charge in [0.25, 0.3) is 10.0 Å². The summed E-state index contributed by atoms with van der Waals surface area (Å²) in [4.78, 5) is 3.57. The molecule has 0 unspecified atom stereocenters. The third-order valence-electron chi connectivity index (χ3n) is 5.41. The summed E-state index contributed by atoms with van der Waals surface area (Å²) >= 11 is 2.95. The molecule has 0 saturated carbocycles. The monoisotopic (exact) mass is 566 g/mol. The van der Waals surface area contributed by atoms with Crippen LogP contribution in [0.2, 0.25) is 0 Å². The highest BCUT2D eigenvalue weighted by Crippen LogP contribution is 2.36. The van der Waals surface area contributed by atoms with Crippen molar-refractivity contribution in [3.63, 3.8) is 0 Å². The van der Waals surface area contributed by atoms with Gasteiger partial charge in [0.2, 0.25) is 0 Å². The average molecular weight is 567 g/mol. The van der Waals surface area contributed by atoms with Gasteiger partial charge < -0.3 is 0 Å². The number of alkyl halides is 3. The van der Waals surface area contributed by atoms with Gasteiger partial charge in [-0.15, -0.1) is 0 Å². The van der Waals surface area contributed by atoms with E-state index in [0.717, 1.165) is 34.3 Å². The van der Waals surface area contributed by atoms with Gasteiger partial charge in [0.1, 0.15) is 5.82 Å². The molecule has 0 aliphatic rings. The molecular weight excluding hydrogens is 548 g/mol. The fraction of sp³-hybridized carbons (Fsp3) is 0.160. The summed E-state index contributed by atoms with van der Waals surface area (Å²) < 4.78 is 81.6. The predicted molar refractivity (Wildman–Crippen MR) is 130 cm³/mol. The fourth-order valence-electron chi connectivity index (χ4n) is 3.81. The topological polar surface area (TPSA) is 59.1 Å². The van der Waals surface area contributed by atoms with Crippen molar-refractivity contribution in [1.82, 2.24) is 4.98 Å². The van der Waals surface area contributed by atoms with Crippen LogP contribution in [0.15, 0.2) is 76.1 Å². The van der Waals surface area contributed by atoms with E-state index >= 15 is 0 Å². The van der Waals surface area contributed by atoms with Crippen LogP contribution in [0.25, 0.3) is 10.9 Å². The molecule has 0 aliphatic heterocycles. The van der Waals surface area contributed by atoms with Crippen molar-refractivity contribution in [3.8, 4) is 0 Å². The van der Waals surface area contributed by atoms with Crippen LogP contribution in [-0.4, -0.2) is 13.4 Å². The maximum atomic E-state index is 13.7. The molecule has 3 aromatic carbocycles. The Hall–Kier alpha value is -2.98. The third-order valence-corrected chi connectivity index (χ3v) is 7.34. The summed E-state index contributed by atoms with van der Waals surface area (Å²) in [6.07, 6.45) is -3.65. The number of hydrogen-bond acceptors (Lipinski definition) is 3. The van der Waals surface area contributed by atoms with Crippen molar-refractivity contribution in [1.29, 1.82) is 0 Å². The summed E-state index contributed by atoms with van der Waals surface area (Å²) in [7, 11) is -4.48. The zero-order chi connectivity index (χ0) is 25.4. The molecule has 182 valence electrons. The summed E-state index contributed by atoms with van der Waals surface area (Å²) in [5, 5.41) is 0.731. The van der Waals surface area contributed by atoms with Crippen LogP contribution >= 0.6 is 15.9 Å². The Bertz CT molecular complexity index is 1500. The second kappa shape index (κ2) is 9.58. The van der Waals surface area contributed by atoms with E-state index in [-0.39, 0.29) is 16.0 Å². The van der Waals surface area contributed by atoms with E-state index in [2.05, 4.69) is 25.6 Å². The van der Waals surface area contributed by atoms with E-state index in [9.17, 15) is 26.0 Å². The Balaban J connectivity index is 1.52. The molecule has 0 fully saturated rings. The Morgan fingerprint density at radius 1 is 0.943 bits per heavy atom. The summed E-state index contributed by atoms with van der Waals surface area (Å²) in [5.74, 6) is -0.347. The summed E-state index contributed by atoms with van der Waals surface area (Å²) in [5.41, 5.74) is 2.22. The molecule has 4 nitrogen and oxygen atoms in total. The van der Waals surface area contributed by atoms with Crippen LogP contribution in [0.4, 0.5) is 23.2 Å². The minimum Gasteiger partial charge on any atom is -0.280 e. The molecular formula is C25H19BrF4N2O2S. The molecule has 0 bridgehead atoms. The van der Waals surface area contributed by atoms with Gasteiger partial charge in [-0.2, -0.15) is 13.2 Å². The van der Waals surface area contributed by atoms with Gasteiger partial charge >= 0.3 is 6.18 Å². The number of anilines is 1. The highest BCUT2D eigenvalue weighted by molar-refractivity contribution is 9.10. The van der Waals surface area contributed by atoms with Gasteiger partial charge in [-0.25, -0.2) is 12.8 Å². The molecule has 1 N–H and O–H groups in total. The average Bonchev–Trinajstić information content (AvgIpc) is 2.77. The van der Waals surface area contributed by atoms with Crippen LogP contribution in [0.1, 0.15) is 22.4 Å². The Labute approximate surface area is 208 Å². The number of nitrogens with one attached hydrogen (secondary N) is 1. The van der Waals surface area contributed by atoms with Crippen LogP contribution in [0.5, 0.6) is 0 Å². The standard InChI is InChI=1S/C25H19BrF4N2O2S/c1-15-12-17(21-14-19(27)7-10-23(21)31-15)5-2-16-3-8-20(9-4-16)32-35(33,34)24-11-6-18(26)13-22(24)25(28,29)30/h3-4,6-14,32H,2,5H2,1H3. The van der Waals surface area contributed by atoms with Gasteiger partial charge in [0.05, 0.1) is 16.0 Å². The van der Waals surface area contributed by atoms with Gasteiger partial charge in [-0.1, -0.05) is 28.1 Å². The van der Waals surface area contributed by atoms with Crippen molar-refractivity contribution < 1.29 is 26.0 Å². The lowest BCUT2D eigenvalue weighted by Gasteiger charge is -2.15. The number of rotatable bonds is 6. The molecule has 10 heteroatoms. The van der Waals surface area contributed by atoms with E-state index in [1.165, 1.54) is 30.3 Å². The first-order chi connectivity index (χ1) is 16.4. The largest absolute Gasteiger partial charge is 0.417 e. The molecule has 0 saturated heterocycles. The Kier molecular flexibility index (Phi) is 6.88. The number of aryl methyl sites for hydroxylation is 3. The maximum absolute atomic E-state index is 13.7. The molecule has 0 radical (unpaired) electrons. The van der Waals surface area contributed by atoms with Crippen LogP contribution in [0, 0.1) is 12.7 Å². The number of aromatic nitrogens is 1. The Morgan fingerprint density at radius 2 is 1.66 bits per heavy atom. The molecule has 4 rings (SSSR count). The van der Waals surface area contributed by atoms with E-state index in [1.807, 2.05) is 13.0 Å². The van der Waals surface area contributed by atoms with Gasteiger partial charge in [-0.05, 0) is 85.5 Å². The van der Waals surface area contributed by atoms with Gasteiger partial charge in [0.15, 0.2) is 0 Å². The van der Waals surface area contributed by atoms with E-state index in [1.54, 1.807) is 18.2 Å². The number of hydrogen-bond donors (Lipinski definition) is 1. The fourth-order valence-corrected chi connectivity index (χ4v) is 5.44. The Morgan fingerprint density at radius 3 is 2.34 bits per heavy atom. The summed E-state index contributed by atoms with van der Waals surface area (Å²) in [6, 6.07) is 15.6. The number of sulfonamides is 1. The van der Waals surface area contributed by atoms with Crippen molar-refractivity contribution in [2.75, 3.05) is 4.72 Å². The van der Waals surface area contributed by atoms with Crippen molar-refractivity contribution >= 4 is 42.5 Å². The van der Waals surface area contributed by atoms with E-state index in [4.69, 9.17) is 0 Å². The predicted octanol–water partition coefficient (Wildman–Crippen LogP) is 7.05. The van der Waals surface area contributed by atoms with Crippen LogP contribution < -0.4 is 4.72 Å². The lowest BCUT2D eigenvalue weighted by atomic mass is 10.00.